The van der Waals surface area contributed by atoms with Crippen molar-refractivity contribution in [3.8, 4) is 11.7 Å². The number of halogens is 1. The fraction of sp³-hybridized carbons (Fsp3) is 0.188. The van der Waals surface area contributed by atoms with Crippen LogP contribution in [0.5, 0.6) is 0 Å². The molecule has 7 nitrogen and oxygen atoms in total. The largest absolute Gasteiger partial charge is 0.459 e. The third-order valence-electron chi connectivity index (χ3n) is 3.48. The minimum Gasteiger partial charge on any atom is -0.459 e. The SMILES string of the molecule is COP(=O)(OC)c1nc(-c2ccco2)oc1NCc1ccccc1Cl. The van der Waals surface area contributed by atoms with Crippen LogP contribution in [0.1, 0.15) is 5.56 Å². The van der Waals surface area contributed by atoms with Crippen LogP contribution in [0.15, 0.2) is 51.5 Å². The molecule has 0 spiro atoms. The third-order valence-corrected chi connectivity index (χ3v) is 5.63. The number of nitrogens with one attached hydrogen (secondary N) is 1. The van der Waals surface area contributed by atoms with Crippen LogP contribution >= 0.6 is 19.2 Å². The van der Waals surface area contributed by atoms with Crippen molar-refractivity contribution in [2.45, 2.75) is 6.54 Å². The predicted octanol–water partition coefficient (Wildman–Crippen LogP) is 4.31. The van der Waals surface area contributed by atoms with Crippen molar-refractivity contribution in [1.29, 1.82) is 0 Å². The van der Waals surface area contributed by atoms with Crippen molar-refractivity contribution in [1.82, 2.24) is 4.98 Å². The Bertz CT molecular complexity index is 886. The van der Waals surface area contributed by atoms with E-state index in [1.807, 2.05) is 18.2 Å². The second-order valence-electron chi connectivity index (χ2n) is 4.96. The summed E-state index contributed by atoms with van der Waals surface area (Å²) in [5, 5.41) is 3.64. The standard InChI is InChI=1S/C16H16ClN2O5P/c1-21-25(20,22-2)16-15(18-10-11-6-3-4-7-12(11)17)24-14(19-16)13-8-5-9-23-13/h3-9,18H,10H2,1-2H3. The summed E-state index contributed by atoms with van der Waals surface area (Å²) in [6.45, 7) is 0.340. The summed E-state index contributed by atoms with van der Waals surface area (Å²) in [7, 11) is -1.06. The Morgan fingerprint density at radius 1 is 1.20 bits per heavy atom. The first-order chi connectivity index (χ1) is 12.1. The quantitative estimate of drug-likeness (QED) is 0.609. The van der Waals surface area contributed by atoms with E-state index in [-0.39, 0.29) is 17.2 Å². The lowest BCUT2D eigenvalue weighted by Crippen LogP contribution is -2.15. The Kier molecular flexibility index (Phi) is 5.30. The fourth-order valence-electron chi connectivity index (χ4n) is 2.18. The first-order valence-electron chi connectivity index (χ1n) is 7.31. The Morgan fingerprint density at radius 3 is 2.60 bits per heavy atom. The number of rotatable bonds is 7. The van der Waals surface area contributed by atoms with E-state index in [0.717, 1.165) is 5.56 Å². The van der Waals surface area contributed by atoms with Crippen LogP contribution < -0.4 is 10.8 Å². The molecule has 0 unspecified atom stereocenters. The maximum atomic E-state index is 12.8. The molecule has 0 radical (unpaired) electrons. The molecule has 0 aliphatic rings. The lowest BCUT2D eigenvalue weighted by molar-refractivity contribution is 0.286. The zero-order chi connectivity index (χ0) is 17.9. The van der Waals surface area contributed by atoms with Gasteiger partial charge in [0, 0.05) is 25.8 Å². The van der Waals surface area contributed by atoms with Gasteiger partial charge in [-0.15, -0.1) is 0 Å². The molecule has 0 saturated heterocycles. The van der Waals surface area contributed by atoms with Crippen LogP contribution in [0, 0.1) is 0 Å². The Hall–Kier alpha value is -2.05. The number of aromatic nitrogens is 1. The fourth-order valence-corrected chi connectivity index (χ4v) is 3.47. The number of hydrogen-bond donors (Lipinski definition) is 1. The smallest absolute Gasteiger partial charge is 0.384 e. The van der Waals surface area contributed by atoms with Gasteiger partial charge < -0.3 is 23.2 Å². The summed E-state index contributed by atoms with van der Waals surface area (Å²) < 4.78 is 33.8. The zero-order valence-electron chi connectivity index (χ0n) is 13.6. The first-order valence-corrected chi connectivity index (χ1v) is 9.23. The summed E-state index contributed by atoms with van der Waals surface area (Å²) in [5.41, 5.74) is 0.881. The average Bonchev–Trinajstić information content (AvgIpc) is 3.30. The second-order valence-corrected chi connectivity index (χ2v) is 7.51. The van der Waals surface area contributed by atoms with Crippen LogP contribution in [-0.4, -0.2) is 19.2 Å². The van der Waals surface area contributed by atoms with Gasteiger partial charge in [-0.05, 0) is 23.8 Å². The molecular weight excluding hydrogens is 367 g/mol. The lowest BCUT2D eigenvalue weighted by atomic mass is 10.2. The van der Waals surface area contributed by atoms with Gasteiger partial charge in [0.15, 0.2) is 5.76 Å². The second kappa shape index (κ2) is 7.45. The third kappa shape index (κ3) is 3.65. The van der Waals surface area contributed by atoms with Gasteiger partial charge in [0.1, 0.15) is 0 Å². The van der Waals surface area contributed by atoms with Gasteiger partial charge in [0.05, 0.1) is 6.26 Å². The molecule has 0 amide bonds. The summed E-state index contributed by atoms with van der Waals surface area (Å²) in [6, 6.07) is 10.7. The number of anilines is 1. The molecule has 3 rings (SSSR count). The highest BCUT2D eigenvalue weighted by atomic mass is 35.5. The Labute approximate surface area is 149 Å². The highest BCUT2D eigenvalue weighted by Gasteiger charge is 2.34. The van der Waals surface area contributed by atoms with E-state index in [1.54, 1.807) is 18.2 Å². The number of oxazole rings is 1. The van der Waals surface area contributed by atoms with Crippen molar-refractivity contribution in [3.05, 3.63) is 53.2 Å². The van der Waals surface area contributed by atoms with Gasteiger partial charge in [0.2, 0.25) is 11.3 Å². The highest BCUT2D eigenvalue weighted by Crippen LogP contribution is 2.47. The van der Waals surface area contributed by atoms with E-state index in [9.17, 15) is 4.57 Å². The predicted molar refractivity (Wildman–Crippen MR) is 94.2 cm³/mol. The maximum Gasteiger partial charge on any atom is 0.384 e. The van der Waals surface area contributed by atoms with E-state index in [0.29, 0.717) is 17.3 Å². The normalized spacial score (nSPS) is 11.6. The molecule has 0 atom stereocenters. The van der Waals surface area contributed by atoms with Crippen LogP contribution in [0.3, 0.4) is 0 Å². The topological polar surface area (TPSA) is 86.7 Å². The molecule has 0 bridgehead atoms. The van der Waals surface area contributed by atoms with Gasteiger partial charge in [0.25, 0.3) is 5.89 Å². The molecule has 0 saturated carbocycles. The molecule has 2 heterocycles. The van der Waals surface area contributed by atoms with Gasteiger partial charge >= 0.3 is 7.60 Å². The van der Waals surface area contributed by atoms with E-state index < -0.39 is 7.60 Å². The number of benzene rings is 1. The number of hydrogen-bond acceptors (Lipinski definition) is 7. The molecule has 0 aliphatic heterocycles. The summed E-state index contributed by atoms with van der Waals surface area (Å²) in [4.78, 5) is 4.23. The van der Waals surface area contributed by atoms with E-state index in [1.165, 1.54) is 20.5 Å². The minimum atomic E-state index is -3.63. The lowest BCUT2D eigenvalue weighted by Gasteiger charge is -2.12. The van der Waals surface area contributed by atoms with Gasteiger partial charge in [-0.3, -0.25) is 4.57 Å². The molecule has 2 aromatic heterocycles. The summed E-state index contributed by atoms with van der Waals surface area (Å²) >= 11 is 6.16. The molecule has 0 fully saturated rings. The van der Waals surface area contributed by atoms with Gasteiger partial charge in [-0.25, -0.2) is 0 Å². The molecule has 132 valence electrons. The molecule has 1 aromatic carbocycles. The minimum absolute atomic E-state index is 0.0379. The van der Waals surface area contributed by atoms with Crippen LogP contribution in [0.25, 0.3) is 11.7 Å². The average molecular weight is 383 g/mol. The first kappa shape index (κ1) is 17.8. The zero-order valence-corrected chi connectivity index (χ0v) is 15.2. The van der Waals surface area contributed by atoms with E-state index >= 15 is 0 Å². The van der Waals surface area contributed by atoms with Crippen LogP contribution in [-0.2, 0) is 20.2 Å². The highest BCUT2D eigenvalue weighted by molar-refractivity contribution is 7.62. The van der Waals surface area contributed by atoms with E-state index in [2.05, 4.69) is 10.3 Å². The molecule has 25 heavy (non-hydrogen) atoms. The maximum absolute atomic E-state index is 12.8. The van der Waals surface area contributed by atoms with E-state index in [4.69, 9.17) is 29.5 Å². The van der Waals surface area contributed by atoms with Crippen LogP contribution in [0.4, 0.5) is 5.88 Å². The van der Waals surface area contributed by atoms with Crippen molar-refractivity contribution in [2.24, 2.45) is 0 Å². The Morgan fingerprint density at radius 2 is 1.96 bits per heavy atom. The number of furan rings is 1. The van der Waals surface area contributed by atoms with Crippen molar-refractivity contribution in [3.63, 3.8) is 0 Å². The monoisotopic (exact) mass is 382 g/mol. The molecule has 3 aromatic rings. The molecular formula is C16H16ClN2O5P. The van der Waals surface area contributed by atoms with Gasteiger partial charge in [-0.2, -0.15) is 4.98 Å². The molecule has 0 aliphatic carbocycles. The number of nitrogens with zero attached hydrogens (tertiary/aromatic N) is 1. The Balaban J connectivity index is 1.96. The van der Waals surface area contributed by atoms with Gasteiger partial charge in [-0.1, -0.05) is 29.8 Å². The molecule has 9 heteroatoms. The van der Waals surface area contributed by atoms with Crippen molar-refractivity contribution in [2.75, 3.05) is 19.5 Å². The van der Waals surface area contributed by atoms with Crippen molar-refractivity contribution < 1.29 is 22.4 Å². The summed E-state index contributed by atoms with van der Waals surface area (Å²) in [5.74, 6) is 0.722. The molecule has 1 N–H and O–H groups in total. The van der Waals surface area contributed by atoms with Crippen LogP contribution in [0.2, 0.25) is 5.02 Å². The summed E-state index contributed by atoms with van der Waals surface area (Å²) in [6.07, 6.45) is 1.49. The van der Waals surface area contributed by atoms with Crippen molar-refractivity contribution >= 4 is 30.5 Å².